The van der Waals surface area contributed by atoms with E-state index in [9.17, 15) is 0 Å². The maximum absolute atomic E-state index is 5.80. The lowest BCUT2D eigenvalue weighted by Crippen LogP contribution is -1.95. The van der Waals surface area contributed by atoms with Crippen LogP contribution in [0.5, 0.6) is 0 Å². The predicted molar refractivity (Wildman–Crippen MR) is 88.3 cm³/mol. The standard InChI is InChI=1S/C16H14BrN3/c1-10-3-2-4-14(16(10)17)20-13-7-8-19-15-9-11(18)5-6-12(13)15/h2-9H,18H2,1H3,(H,19,20). The van der Waals surface area contributed by atoms with E-state index in [1.807, 2.05) is 36.4 Å². The van der Waals surface area contributed by atoms with Crippen molar-refractivity contribution in [3.05, 3.63) is 58.7 Å². The average Bonchev–Trinajstić information content (AvgIpc) is 2.44. The van der Waals surface area contributed by atoms with Gasteiger partial charge < -0.3 is 11.1 Å². The molecule has 0 unspecified atom stereocenters. The van der Waals surface area contributed by atoms with Gasteiger partial charge in [-0.25, -0.2) is 0 Å². The molecule has 0 saturated heterocycles. The SMILES string of the molecule is Cc1cccc(Nc2ccnc3cc(N)ccc23)c1Br. The number of pyridine rings is 1. The molecule has 0 aliphatic rings. The fourth-order valence-corrected chi connectivity index (χ4v) is 2.53. The smallest absolute Gasteiger partial charge is 0.0743 e. The van der Waals surface area contributed by atoms with Crippen LogP contribution in [0.25, 0.3) is 10.9 Å². The van der Waals surface area contributed by atoms with Crippen LogP contribution in [0.4, 0.5) is 17.1 Å². The van der Waals surface area contributed by atoms with Crippen LogP contribution < -0.4 is 11.1 Å². The number of rotatable bonds is 2. The van der Waals surface area contributed by atoms with Gasteiger partial charge in [0.2, 0.25) is 0 Å². The molecular weight excluding hydrogens is 314 g/mol. The van der Waals surface area contributed by atoms with E-state index < -0.39 is 0 Å². The lowest BCUT2D eigenvalue weighted by molar-refractivity contribution is 1.39. The van der Waals surface area contributed by atoms with Crippen LogP contribution in [0.15, 0.2) is 53.1 Å². The highest BCUT2D eigenvalue weighted by atomic mass is 79.9. The first kappa shape index (κ1) is 12.9. The second-order valence-electron chi connectivity index (χ2n) is 4.70. The Balaban J connectivity index is 2.09. The van der Waals surface area contributed by atoms with Crippen molar-refractivity contribution in [3.63, 3.8) is 0 Å². The molecule has 20 heavy (non-hydrogen) atoms. The van der Waals surface area contributed by atoms with E-state index in [2.05, 4.69) is 39.2 Å². The highest BCUT2D eigenvalue weighted by Crippen LogP contribution is 2.31. The molecule has 0 saturated carbocycles. The van der Waals surface area contributed by atoms with E-state index in [1.165, 1.54) is 5.56 Å². The van der Waals surface area contributed by atoms with E-state index in [0.29, 0.717) is 0 Å². The van der Waals surface area contributed by atoms with Crippen LogP contribution in [0, 0.1) is 6.92 Å². The third-order valence-corrected chi connectivity index (χ3v) is 4.28. The van der Waals surface area contributed by atoms with E-state index in [4.69, 9.17) is 5.73 Å². The van der Waals surface area contributed by atoms with E-state index in [1.54, 1.807) is 6.20 Å². The number of anilines is 3. The molecule has 1 aromatic heterocycles. The number of benzene rings is 2. The average molecular weight is 328 g/mol. The quantitative estimate of drug-likeness (QED) is 0.674. The van der Waals surface area contributed by atoms with Gasteiger partial charge in [-0.2, -0.15) is 0 Å². The third kappa shape index (κ3) is 2.34. The van der Waals surface area contributed by atoms with Gasteiger partial charge in [0.05, 0.1) is 11.2 Å². The number of nitrogens with two attached hydrogens (primary N) is 1. The van der Waals surface area contributed by atoms with Crippen LogP contribution in [-0.4, -0.2) is 4.98 Å². The molecule has 3 aromatic rings. The van der Waals surface area contributed by atoms with Crippen LogP contribution >= 0.6 is 15.9 Å². The molecule has 0 aliphatic heterocycles. The summed E-state index contributed by atoms with van der Waals surface area (Å²) in [6.45, 7) is 2.07. The summed E-state index contributed by atoms with van der Waals surface area (Å²) < 4.78 is 1.07. The van der Waals surface area contributed by atoms with E-state index >= 15 is 0 Å². The molecule has 3 N–H and O–H groups in total. The van der Waals surface area contributed by atoms with Gasteiger partial charge in [0.15, 0.2) is 0 Å². The molecule has 0 atom stereocenters. The van der Waals surface area contributed by atoms with E-state index in [0.717, 1.165) is 32.4 Å². The number of aryl methyl sites for hydroxylation is 1. The molecule has 4 heteroatoms. The molecule has 100 valence electrons. The summed E-state index contributed by atoms with van der Waals surface area (Å²) in [5.41, 5.74) is 10.7. The Kier molecular flexibility index (Phi) is 3.32. The van der Waals surface area contributed by atoms with Crippen molar-refractivity contribution in [2.75, 3.05) is 11.1 Å². The number of nitrogens with one attached hydrogen (secondary N) is 1. The number of hydrogen-bond donors (Lipinski definition) is 2. The molecule has 0 bridgehead atoms. The minimum atomic E-state index is 0.721. The minimum Gasteiger partial charge on any atom is -0.399 e. The largest absolute Gasteiger partial charge is 0.399 e. The molecule has 3 nitrogen and oxygen atoms in total. The molecule has 0 spiro atoms. The van der Waals surface area contributed by atoms with Gasteiger partial charge in [0, 0.05) is 27.4 Å². The van der Waals surface area contributed by atoms with Gasteiger partial charge in [0.25, 0.3) is 0 Å². The Morgan fingerprint density at radius 1 is 1.10 bits per heavy atom. The molecule has 2 aromatic carbocycles. The Morgan fingerprint density at radius 3 is 2.80 bits per heavy atom. The second kappa shape index (κ2) is 5.13. The lowest BCUT2D eigenvalue weighted by Gasteiger charge is -2.12. The van der Waals surface area contributed by atoms with Gasteiger partial charge in [-0.1, -0.05) is 12.1 Å². The fraction of sp³-hybridized carbons (Fsp3) is 0.0625. The summed E-state index contributed by atoms with van der Waals surface area (Å²) in [6, 6.07) is 13.9. The summed E-state index contributed by atoms with van der Waals surface area (Å²) in [6.07, 6.45) is 1.79. The number of aromatic nitrogens is 1. The number of halogens is 1. The van der Waals surface area contributed by atoms with Crippen LogP contribution in [-0.2, 0) is 0 Å². The zero-order valence-electron chi connectivity index (χ0n) is 11.0. The van der Waals surface area contributed by atoms with Crippen molar-refractivity contribution in [2.45, 2.75) is 6.92 Å². The molecule has 0 amide bonds. The Hall–Kier alpha value is -2.07. The normalized spacial score (nSPS) is 10.7. The van der Waals surface area contributed by atoms with Crippen molar-refractivity contribution < 1.29 is 0 Å². The monoisotopic (exact) mass is 327 g/mol. The predicted octanol–water partition coefficient (Wildman–Crippen LogP) is 4.63. The van der Waals surface area contributed by atoms with Crippen molar-refractivity contribution in [1.29, 1.82) is 0 Å². The molecule has 3 rings (SSSR count). The molecule has 0 fully saturated rings. The number of fused-ring (bicyclic) bond motifs is 1. The number of hydrogen-bond acceptors (Lipinski definition) is 3. The number of nitrogens with zero attached hydrogens (tertiary/aromatic N) is 1. The maximum atomic E-state index is 5.80. The Bertz CT molecular complexity index is 784. The van der Waals surface area contributed by atoms with Gasteiger partial charge in [-0.3, -0.25) is 4.98 Å². The Labute approximate surface area is 126 Å². The highest BCUT2D eigenvalue weighted by molar-refractivity contribution is 9.10. The maximum Gasteiger partial charge on any atom is 0.0743 e. The molecule has 0 radical (unpaired) electrons. The van der Waals surface area contributed by atoms with Crippen molar-refractivity contribution in [1.82, 2.24) is 4.98 Å². The first-order chi connectivity index (χ1) is 9.65. The molecular formula is C16H14BrN3. The third-order valence-electron chi connectivity index (χ3n) is 3.23. The highest BCUT2D eigenvalue weighted by Gasteiger charge is 2.06. The molecule has 0 aliphatic carbocycles. The van der Waals surface area contributed by atoms with Gasteiger partial charge in [-0.05, 0) is 58.7 Å². The Morgan fingerprint density at radius 2 is 1.95 bits per heavy atom. The summed E-state index contributed by atoms with van der Waals surface area (Å²) in [5.74, 6) is 0. The second-order valence-corrected chi connectivity index (χ2v) is 5.49. The van der Waals surface area contributed by atoms with Crippen molar-refractivity contribution in [3.8, 4) is 0 Å². The summed E-state index contributed by atoms with van der Waals surface area (Å²) in [4.78, 5) is 4.35. The zero-order chi connectivity index (χ0) is 14.1. The number of nitrogen functional groups attached to an aromatic ring is 1. The lowest BCUT2D eigenvalue weighted by atomic mass is 10.1. The van der Waals surface area contributed by atoms with Crippen molar-refractivity contribution >= 4 is 43.9 Å². The zero-order valence-corrected chi connectivity index (χ0v) is 12.6. The molecule has 1 heterocycles. The van der Waals surface area contributed by atoms with Crippen molar-refractivity contribution in [2.24, 2.45) is 0 Å². The minimum absolute atomic E-state index is 0.721. The first-order valence-corrected chi connectivity index (χ1v) is 7.11. The summed E-state index contributed by atoms with van der Waals surface area (Å²) in [7, 11) is 0. The first-order valence-electron chi connectivity index (χ1n) is 6.31. The van der Waals surface area contributed by atoms with Gasteiger partial charge in [-0.15, -0.1) is 0 Å². The van der Waals surface area contributed by atoms with E-state index in [-0.39, 0.29) is 0 Å². The summed E-state index contributed by atoms with van der Waals surface area (Å²) in [5, 5.41) is 4.50. The fourth-order valence-electron chi connectivity index (χ4n) is 2.16. The summed E-state index contributed by atoms with van der Waals surface area (Å²) >= 11 is 3.62. The van der Waals surface area contributed by atoms with Gasteiger partial charge >= 0.3 is 0 Å². The van der Waals surface area contributed by atoms with Crippen LogP contribution in [0.2, 0.25) is 0 Å². The van der Waals surface area contributed by atoms with Gasteiger partial charge in [0.1, 0.15) is 0 Å². The van der Waals surface area contributed by atoms with Crippen LogP contribution in [0.1, 0.15) is 5.56 Å². The van der Waals surface area contributed by atoms with Crippen LogP contribution in [0.3, 0.4) is 0 Å². The topological polar surface area (TPSA) is 50.9 Å².